The number of hydrogen-bond acceptors (Lipinski definition) is 7. The van der Waals surface area contributed by atoms with E-state index in [-0.39, 0.29) is 27.5 Å². The Morgan fingerprint density at radius 2 is 1.77 bits per heavy atom. The Hall–Kier alpha value is -3.58. The molecule has 1 aliphatic heterocycles. The van der Waals surface area contributed by atoms with Gasteiger partial charge in [0.2, 0.25) is 5.76 Å². The summed E-state index contributed by atoms with van der Waals surface area (Å²) >= 11 is 6.57. The molecule has 0 amide bonds. The van der Waals surface area contributed by atoms with E-state index in [9.17, 15) is 14.4 Å². The molecule has 0 spiro atoms. The summed E-state index contributed by atoms with van der Waals surface area (Å²) in [6.45, 7) is 0. The van der Waals surface area contributed by atoms with Crippen LogP contribution in [0.1, 0.15) is 11.7 Å². The van der Waals surface area contributed by atoms with Gasteiger partial charge in [0, 0.05) is 5.39 Å². The van der Waals surface area contributed by atoms with Crippen LogP contribution in [0, 0.1) is 0 Å². The van der Waals surface area contributed by atoms with Gasteiger partial charge in [-0.25, -0.2) is 14.4 Å². The Balaban J connectivity index is 1.93. The molecule has 2 heterocycles. The Morgan fingerprint density at radius 3 is 2.43 bits per heavy atom. The van der Waals surface area contributed by atoms with Crippen LogP contribution in [0.2, 0.25) is 5.02 Å². The minimum atomic E-state index is -1.41. The van der Waals surface area contributed by atoms with Gasteiger partial charge in [0.05, 0.1) is 19.2 Å². The summed E-state index contributed by atoms with van der Waals surface area (Å²) < 4.78 is 20.3. The highest BCUT2D eigenvalue weighted by molar-refractivity contribution is 6.36. The van der Waals surface area contributed by atoms with E-state index in [4.69, 9.17) is 30.2 Å². The molecule has 0 radical (unpaired) electrons. The number of carbonyl (C=O) groups excluding carboxylic acids is 2. The number of fused-ring (bicyclic) bond motifs is 1. The van der Waals surface area contributed by atoms with Crippen molar-refractivity contribution in [2.75, 3.05) is 14.2 Å². The summed E-state index contributed by atoms with van der Waals surface area (Å²) in [5, 5.41) is 0.439. The van der Waals surface area contributed by atoms with Gasteiger partial charge in [-0.05, 0) is 23.3 Å². The van der Waals surface area contributed by atoms with Crippen molar-refractivity contribution in [3.05, 3.63) is 80.9 Å². The SMILES string of the molecule is COC(=O)C1=C(OC)C(=O)OC1c1c(Cl)c2cc(-c3ccccc3)ccc2oc1=O. The van der Waals surface area contributed by atoms with E-state index in [1.165, 1.54) is 7.11 Å². The predicted octanol–water partition coefficient (Wildman–Crippen LogP) is 3.78. The van der Waals surface area contributed by atoms with Gasteiger partial charge in [-0.3, -0.25) is 0 Å². The molecule has 4 rings (SSSR count). The first-order valence-corrected chi connectivity index (χ1v) is 9.23. The third kappa shape index (κ3) is 3.13. The summed E-state index contributed by atoms with van der Waals surface area (Å²) in [7, 11) is 2.34. The fraction of sp³-hybridized carbons (Fsp3) is 0.136. The number of carbonyl (C=O) groups is 2. The lowest BCUT2D eigenvalue weighted by atomic mass is 9.99. The Kier molecular flexibility index (Phi) is 5.05. The molecule has 1 unspecified atom stereocenters. The van der Waals surface area contributed by atoms with Gasteiger partial charge in [0.1, 0.15) is 16.7 Å². The van der Waals surface area contributed by atoms with Crippen LogP contribution in [0.3, 0.4) is 0 Å². The minimum Gasteiger partial charge on any atom is -0.489 e. The molecule has 3 aromatic rings. The fourth-order valence-corrected chi connectivity index (χ4v) is 3.69. The Bertz CT molecular complexity index is 1260. The maximum absolute atomic E-state index is 12.7. The van der Waals surface area contributed by atoms with Crippen molar-refractivity contribution in [3.63, 3.8) is 0 Å². The predicted molar refractivity (Wildman–Crippen MR) is 108 cm³/mol. The molecule has 1 aliphatic rings. The Morgan fingerprint density at radius 1 is 1.03 bits per heavy atom. The van der Waals surface area contributed by atoms with Gasteiger partial charge in [-0.2, -0.15) is 0 Å². The van der Waals surface area contributed by atoms with Gasteiger partial charge in [0.15, 0.2) is 6.10 Å². The molecule has 30 heavy (non-hydrogen) atoms. The van der Waals surface area contributed by atoms with Crippen molar-refractivity contribution in [3.8, 4) is 11.1 Å². The highest BCUT2D eigenvalue weighted by atomic mass is 35.5. The maximum Gasteiger partial charge on any atom is 0.375 e. The molecule has 1 atom stereocenters. The third-order valence-electron chi connectivity index (χ3n) is 4.77. The van der Waals surface area contributed by atoms with E-state index in [1.807, 2.05) is 30.3 Å². The standard InChI is InChI=1S/C22H15ClO7/c1-27-19-16(20(24)28-2)18(30-22(19)26)15-17(23)13-10-12(11-6-4-3-5-7-11)8-9-14(13)29-21(15)25/h3-10,18H,1-2H3. The number of hydrogen-bond donors (Lipinski definition) is 0. The number of rotatable bonds is 4. The maximum atomic E-state index is 12.7. The number of ether oxygens (including phenoxy) is 3. The highest BCUT2D eigenvalue weighted by Gasteiger charge is 2.44. The highest BCUT2D eigenvalue weighted by Crippen LogP contribution is 2.40. The molecule has 0 aliphatic carbocycles. The van der Waals surface area contributed by atoms with E-state index in [2.05, 4.69) is 0 Å². The van der Waals surface area contributed by atoms with Crippen LogP contribution in [0.25, 0.3) is 22.1 Å². The number of methoxy groups -OCH3 is 2. The zero-order chi connectivity index (χ0) is 21.4. The van der Waals surface area contributed by atoms with Crippen LogP contribution in [0.5, 0.6) is 0 Å². The van der Waals surface area contributed by atoms with Crippen LogP contribution >= 0.6 is 11.6 Å². The van der Waals surface area contributed by atoms with Crippen molar-refractivity contribution in [2.45, 2.75) is 6.10 Å². The van der Waals surface area contributed by atoms with Crippen LogP contribution in [-0.4, -0.2) is 26.2 Å². The van der Waals surface area contributed by atoms with Gasteiger partial charge in [0.25, 0.3) is 0 Å². The molecule has 1 aromatic heterocycles. The van der Waals surface area contributed by atoms with E-state index < -0.39 is 23.7 Å². The van der Waals surface area contributed by atoms with Crippen LogP contribution in [0.4, 0.5) is 0 Å². The average Bonchev–Trinajstić information content (AvgIpc) is 3.09. The smallest absolute Gasteiger partial charge is 0.375 e. The molecule has 0 bridgehead atoms. The molecule has 152 valence electrons. The lowest BCUT2D eigenvalue weighted by Crippen LogP contribution is -2.19. The second-order valence-corrected chi connectivity index (χ2v) is 6.80. The summed E-state index contributed by atoms with van der Waals surface area (Å²) in [5.74, 6) is -2.13. The largest absolute Gasteiger partial charge is 0.489 e. The lowest BCUT2D eigenvalue weighted by molar-refractivity contribution is -0.143. The molecular formula is C22H15ClO7. The van der Waals surface area contributed by atoms with Gasteiger partial charge in [-0.15, -0.1) is 0 Å². The quantitative estimate of drug-likeness (QED) is 0.463. The molecule has 7 nitrogen and oxygen atoms in total. The van der Waals surface area contributed by atoms with Crippen molar-refractivity contribution in [1.82, 2.24) is 0 Å². The number of benzene rings is 2. The zero-order valence-electron chi connectivity index (χ0n) is 15.9. The lowest BCUT2D eigenvalue weighted by Gasteiger charge is -2.14. The van der Waals surface area contributed by atoms with E-state index in [1.54, 1.807) is 18.2 Å². The average molecular weight is 427 g/mol. The second-order valence-electron chi connectivity index (χ2n) is 6.42. The molecule has 8 heteroatoms. The van der Waals surface area contributed by atoms with Gasteiger partial charge in [-0.1, -0.05) is 48.0 Å². The summed E-state index contributed by atoms with van der Waals surface area (Å²) in [4.78, 5) is 37.1. The minimum absolute atomic E-state index is 0.00980. The molecular weight excluding hydrogens is 412 g/mol. The van der Waals surface area contributed by atoms with Gasteiger partial charge >= 0.3 is 17.6 Å². The molecule has 0 N–H and O–H groups in total. The topological polar surface area (TPSA) is 92.0 Å². The van der Waals surface area contributed by atoms with Crippen LogP contribution in [-0.2, 0) is 23.8 Å². The number of cyclic esters (lactones) is 1. The van der Waals surface area contributed by atoms with Crippen molar-refractivity contribution < 1.29 is 28.2 Å². The van der Waals surface area contributed by atoms with Crippen molar-refractivity contribution >= 4 is 34.5 Å². The van der Waals surface area contributed by atoms with E-state index in [0.717, 1.165) is 18.2 Å². The summed E-state index contributed by atoms with van der Waals surface area (Å²) in [6.07, 6.45) is -1.41. The van der Waals surface area contributed by atoms with Gasteiger partial charge < -0.3 is 18.6 Å². The number of esters is 2. The van der Waals surface area contributed by atoms with Crippen LogP contribution in [0.15, 0.2) is 69.1 Å². The fourth-order valence-electron chi connectivity index (χ4n) is 3.37. The number of halogens is 1. The van der Waals surface area contributed by atoms with E-state index in [0.29, 0.717) is 5.39 Å². The summed E-state index contributed by atoms with van der Waals surface area (Å²) in [5.41, 5.74) is 0.764. The molecule has 0 fully saturated rings. The van der Waals surface area contributed by atoms with Crippen molar-refractivity contribution in [2.24, 2.45) is 0 Å². The zero-order valence-corrected chi connectivity index (χ0v) is 16.7. The first kappa shape index (κ1) is 19.7. The molecule has 2 aromatic carbocycles. The first-order chi connectivity index (χ1) is 14.5. The third-order valence-corrected chi connectivity index (χ3v) is 5.18. The first-order valence-electron chi connectivity index (χ1n) is 8.85. The second kappa shape index (κ2) is 7.68. The monoisotopic (exact) mass is 426 g/mol. The molecule has 0 saturated heterocycles. The normalized spacial score (nSPS) is 16.0. The van der Waals surface area contributed by atoms with Crippen molar-refractivity contribution in [1.29, 1.82) is 0 Å². The molecule has 0 saturated carbocycles. The summed E-state index contributed by atoms with van der Waals surface area (Å²) in [6, 6.07) is 14.7. The van der Waals surface area contributed by atoms with E-state index >= 15 is 0 Å². The van der Waals surface area contributed by atoms with Crippen LogP contribution < -0.4 is 5.63 Å². The Labute approximate surface area is 175 Å².